The van der Waals surface area contributed by atoms with Gasteiger partial charge in [0.05, 0.1) is 0 Å². The highest BCUT2D eigenvalue weighted by Gasteiger charge is 2.27. The molecule has 2 saturated carbocycles. The van der Waals surface area contributed by atoms with E-state index in [2.05, 4.69) is 19.1 Å². The second kappa shape index (κ2) is 11.6. The number of hydrogen-bond donors (Lipinski definition) is 0. The lowest BCUT2D eigenvalue weighted by Crippen LogP contribution is -2.18. The van der Waals surface area contributed by atoms with E-state index in [0.717, 1.165) is 60.8 Å². The van der Waals surface area contributed by atoms with E-state index in [1.165, 1.54) is 51.4 Å². The van der Waals surface area contributed by atoms with Crippen molar-refractivity contribution in [2.75, 3.05) is 0 Å². The summed E-state index contributed by atoms with van der Waals surface area (Å²) in [4.78, 5) is 0. The normalized spacial score (nSPS) is 26.3. The number of unbranched alkanes of at least 4 members (excludes halogenated alkanes) is 1. The zero-order valence-corrected chi connectivity index (χ0v) is 20.7. The highest BCUT2D eigenvalue weighted by molar-refractivity contribution is 5.85. The third-order valence-corrected chi connectivity index (χ3v) is 8.54. The Balaban J connectivity index is 1.27. The van der Waals surface area contributed by atoms with E-state index < -0.39 is 11.6 Å². The van der Waals surface area contributed by atoms with Crippen molar-refractivity contribution in [3.8, 4) is 0 Å². The van der Waals surface area contributed by atoms with E-state index >= 15 is 0 Å². The first-order valence-corrected chi connectivity index (χ1v) is 13.7. The van der Waals surface area contributed by atoms with Crippen LogP contribution in [0.1, 0.15) is 108 Å². The third kappa shape index (κ3) is 6.06. The van der Waals surface area contributed by atoms with Crippen molar-refractivity contribution in [2.45, 2.75) is 103 Å². The van der Waals surface area contributed by atoms with E-state index in [1.807, 2.05) is 31.2 Å². The van der Waals surface area contributed by atoms with E-state index in [4.69, 9.17) is 0 Å². The molecule has 2 aliphatic rings. The molecule has 0 aliphatic heterocycles. The minimum atomic E-state index is -0.653. The maximum absolute atomic E-state index is 15.0. The zero-order chi connectivity index (χ0) is 23.2. The second-order valence-corrected chi connectivity index (χ2v) is 10.8. The van der Waals surface area contributed by atoms with Crippen LogP contribution in [-0.2, 0) is 6.42 Å². The van der Waals surface area contributed by atoms with Gasteiger partial charge in [0.15, 0.2) is 11.6 Å². The van der Waals surface area contributed by atoms with Crippen LogP contribution in [0, 0.1) is 29.4 Å². The smallest absolute Gasteiger partial charge is 0.166 e. The highest BCUT2D eigenvalue weighted by Crippen LogP contribution is 2.42. The van der Waals surface area contributed by atoms with Gasteiger partial charge in [0.1, 0.15) is 0 Å². The molecule has 2 heteroatoms. The van der Waals surface area contributed by atoms with Crippen molar-refractivity contribution in [3.05, 3.63) is 59.2 Å². The molecule has 2 aromatic carbocycles. The van der Waals surface area contributed by atoms with Crippen LogP contribution in [0.3, 0.4) is 0 Å². The van der Waals surface area contributed by atoms with Gasteiger partial charge in [0.25, 0.3) is 0 Å². The Kier molecular flexibility index (Phi) is 8.61. The van der Waals surface area contributed by atoms with Crippen LogP contribution in [0.25, 0.3) is 10.8 Å². The predicted octanol–water partition coefficient (Wildman–Crippen LogP) is 9.90. The summed E-state index contributed by atoms with van der Waals surface area (Å²) < 4.78 is 29.9. The lowest BCUT2D eigenvalue weighted by atomic mass is 9.74. The zero-order valence-electron chi connectivity index (χ0n) is 20.7. The van der Waals surface area contributed by atoms with Crippen molar-refractivity contribution in [2.24, 2.45) is 17.8 Å². The van der Waals surface area contributed by atoms with Gasteiger partial charge in [-0.3, -0.25) is 0 Å². The maximum Gasteiger partial charge on any atom is 0.166 e. The lowest BCUT2D eigenvalue weighted by molar-refractivity contribution is 0.245. The monoisotopic (exact) mass is 452 g/mol. The number of halogens is 2. The fourth-order valence-electron chi connectivity index (χ4n) is 6.27. The summed E-state index contributed by atoms with van der Waals surface area (Å²) in [5.74, 6) is 1.39. The Morgan fingerprint density at radius 1 is 0.818 bits per heavy atom. The first kappa shape index (κ1) is 24.4. The first-order valence-electron chi connectivity index (χ1n) is 13.7. The highest BCUT2D eigenvalue weighted by atomic mass is 19.2. The topological polar surface area (TPSA) is 0 Å². The Hall–Kier alpha value is -1.70. The number of allylic oxidation sites excluding steroid dienone is 2. The molecule has 0 bridgehead atoms. The third-order valence-electron chi connectivity index (χ3n) is 8.54. The molecule has 0 aromatic heterocycles. The number of aryl methyl sites for hydroxylation is 1. The first-order chi connectivity index (χ1) is 16.1. The van der Waals surface area contributed by atoms with E-state index in [1.54, 1.807) is 0 Å². The lowest BCUT2D eigenvalue weighted by Gasteiger charge is -2.32. The Morgan fingerprint density at radius 2 is 1.48 bits per heavy atom. The molecule has 0 N–H and O–H groups in total. The van der Waals surface area contributed by atoms with E-state index in [-0.39, 0.29) is 5.92 Å². The average molecular weight is 453 g/mol. The Bertz CT molecular complexity index is 928. The standard InChI is InChI=1S/C31H42F2/c1-3-5-6-7-23-8-10-24(11-9-23)12-13-25-15-17-26(18-16-25)29-21-27-19-14-22(4-2)20-28(27)30(32)31(29)33/h6-7,14,19-21,23-26H,3-5,8-13,15-18H2,1-2H3/b7-6+. The minimum absolute atomic E-state index is 0.163. The molecule has 0 saturated heterocycles. The fraction of sp³-hybridized carbons (Fsp3) is 0.613. The van der Waals surface area contributed by atoms with E-state index in [9.17, 15) is 8.78 Å². The molecule has 180 valence electrons. The van der Waals surface area contributed by atoms with Gasteiger partial charge in [-0.25, -0.2) is 8.78 Å². The molecule has 2 fully saturated rings. The quantitative estimate of drug-likeness (QED) is 0.350. The summed E-state index contributed by atoms with van der Waals surface area (Å²) in [6.45, 7) is 4.28. The average Bonchev–Trinajstić information content (AvgIpc) is 2.86. The van der Waals surface area contributed by atoms with E-state index in [0.29, 0.717) is 10.9 Å². The Labute approximate surface area is 199 Å². The van der Waals surface area contributed by atoms with Gasteiger partial charge in [-0.05, 0) is 117 Å². The maximum atomic E-state index is 15.0. The summed E-state index contributed by atoms with van der Waals surface area (Å²) in [5.41, 5.74) is 1.66. The predicted molar refractivity (Wildman–Crippen MR) is 137 cm³/mol. The molecule has 0 radical (unpaired) electrons. The molecule has 0 heterocycles. The molecule has 0 unspecified atom stereocenters. The van der Waals surface area contributed by atoms with Crippen LogP contribution in [0.2, 0.25) is 0 Å². The SMILES string of the molecule is CCC/C=C/C1CCC(CCC2CCC(c3cc4ccc(CC)cc4c(F)c3F)CC2)CC1. The van der Waals surface area contributed by atoms with Gasteiger partial charge < -0.3 is 0 Å². The largest absolute Gasteiger partial charge is 0.203 e. The van der Waals surface area contributed by atoms with Gasteiger partial charge >= 0.3 is 0 Å². The molecule has 0 spiro atoms. The van der Waals surface area contributed by atoms with Gasteiger partial charge in [0.2, 0.25) is 0 Å². The van der Waals surface area contributed by atoms with Crippen LogP contribution in [0.5, 0.6) is 0 Å². The van der Waals surface area contributed by atoms with Gasteiger partial charge in [-0.1, -0.05) is 57.4 Å². The van der Waals surface area contributed by atoms with Crippen LogP contribution < -0.4 is 0 Å². The summed E-state index contributed by atoms with van der Waals surface area (Å²) in [7, 11) is 0. The summed E-state index contributed by atoms with van der Waals surface area (Å²) in [5, 5.41) is 1.27. The molecule has 0 atom stereocenters. The van der Waals surface area contributed by atoms with Crippen LogP contribution >= 0.6 is 0 Å². The molecule has 33 heavy (non-hydrogen) atoms. The van der Waals surface area contributed by atoms with Crippen LogP contribution in [0.15, 0.2) is 36.4 Å². The van der Waals surface area contributed by atoms with Gasteiger partial charge in [-0.2, -0.15) is 0 Å². The molecular weight excluding hydrogens is 410 g/mol. The van der Waals surface area contributed by atoms with Crippen molar-refractivity contribution in [3.63, 3.8) is 0 Å². The van der Waals surface area contributed by atoms with Gasteiger partial charge in [-0.15, -0.1) is 0 Å². The second-order valence-electron chi connectivity index (χ2n) is 10.8. The molecular formula is C31H42F2. The number of rotatable bonds is 8. The van der Waals surface area contributed by atoms with Crippen LogP contribution in [-0.4, -0.2) is 0 Å². The number of benzene rings is 2. The molecule has 0 amide bonds. The molecule has 0 nitrogen and oxygen atoms in total. The molecule has 2 aliphatic carbocycles. The minimum Gasteiger partial charge on any atom is -0.203 e. The summed E-state index contributed by atoms with van der Waals surface area (Å²) >= 11 is 0. The van der Waals surface area contributed by atoms with Gasteiger partial charge in [0, 0.05) is 5.39 Å². The summed E-state index contributed by atoms with van der Waals surface area (Å²) in [6.07, 6.45) is 20.7. The number of hydrogen-bond acceptors (Lipinski definition) is 0. The summed E-state index contributed by atoms with van der Waals surface area (Å²) in [6, 6.07) is 7.73. The van der Waals surface area contributed by atoms with Crippen molar-refractivity contribution in [1.29, 1.82) is 0 Å². The van der Waals surface area contributed by atoms with Crippen molar-refractivity contribution in [1.82, 2.24) is 0 Å². The fourth-order valence-corrected chi connectivity index (χ4v) is 6.27. The number of fused-ring (bicyclic) bond motifs is 1. The molecule has 2 aromatic rings. The molecule has 4 rings (SSSR count). The van der Waals surface area contributed by atoms with Crippen molar-refractivity contribution >= 4 is 10.8 Å². The van der Waals surface area contributed by atoms with Crippen molar-refractivity contribution < 1.29 is 8.78 Å². The van der Waals surface area contributed by atoms with Crippen LogP contribution in [0.4, 0.5) is 8.78 Å². The Morgan fingerprint density at radius 3 is 2.12 bits per heavy atom.